The second kappa shape index (κ2) is 3.60. The van der Waals surface area contributed by atoms with E-state index in [1.165, 1.54) is 25.7 Å². The van der Waals surface area contributed by atoms with Gasteiger partial charge in [-0.05, 0) is 23.6 Å². The Morgan fingerprint density at radius 3 is 2.44 bits per heavy atom. The van der Waals surface area contributed by atoms with E-state index in [0.717, 1.165) is 0 Å². The Hall–Kier alpha value is -1.34. The predicted molar refractivity (Wildman–Crippen MR) is 73.4 cm³/mol. The van der Waals surface area contributed by atoms with Crippen molar-refractivity contribution >= 4 is 31.5 Å². The molecule has 16 heavy (non-hydrogen) atoms. The van der Waals surface area contributed by atoms with Crippen LogP contribution in [0.15, 0.2) is 42.5 Å². The lowest BCUT2D eigenvalue weighted by Gasteiger charge is -2.04. The summed E-state index contributed by atoms with van der Waals surface area (Å²) in [6, 6.07) is 15.5. The lowest BCUT2D eigenvalue weighted by molar-refractivity contribution is 0.869. The van der Waals surface area contributed by atoms with Crippen LogP contribution in [0.25, 0.3) is 20.2 Å². The van der Waals surface area contributed by atoms with Crippen LogP contribution in [0.4, 0.5) is 0 Å². The minimum atomic E-state index is 0.606. The fourth-order valence-electron chi connectivity index (χ4n) is 2.10. The van der Waals surface area contributed by atoms with Gasteiger partial charge in [-0.3, -0.25) is 0 Å². The van der Waals surface area contributed by atoms with E-state index < -0.39 is 0 Å². The topological polar surface area (TPSA) is 0 Å². The molecule has 0 saturated heterocycles. The first-order valence-corrected chi connectivity index (χ1v) is 6.48. The quantitative estimate of drug-likeness (QED) is 0.536. The lowest BCUT2D eigenvalue weighted by atomic mass is 10.0. The molecule has 0 bridgehead atoms. The third kappa shape index (κ3) is 1.43. The van der Waals surface area contributed by atoms with Crippen molar-refractivity contribution in [2.75, 3.05) is 0 Å². The van der Waals surface area contributed by atoms with Crippen LogP contribution >= 0.6 is 11.3 Å². The van der Waals surface area contributed by atoms with Crippen LogP contribution in [-0.4, -0.2) is 0 Å². The normalized spacial score (nSPS) is 11.7. The van der Waals surface area contributed by atoms with Gasteiger partial charge in [-0.15, -0.1) is 11.3 Å². The van der Waals surface area contributed by atoms with Crippen molar-refractivity contribution < 1.29 is 0 Å². The first-order valence-electron chi connectivity index (χ1n) is 5.67. The van der Waals surface area contributed by atoms with Gasteiger partial charge in [0, 0.05) is 20.2 Å². The first kappa shape index (κ1) is 9.86. The molecule has 0 atom stereocenters. The van der Waals surface area contributed by atoms with Gasteiger partial charge in [0.15, 0.2) is 0 Å². The van der Waals surface area contributed by atoms with Gasteiger partial charge >= 0.3 is 0 Å². The molecule has 1 heterocycles. The Morgan fingerprint density at radius 2 is 1.62 bits per heavy atom. The zero-order chi connectivity index (χ0) is 11.1. The molecule has 0 aliphatic rings. The molecule has 0 nitrogen and oxygen atoms in total. The smallest absolute Gasteiger partial charge is 0.0358 e. The van der Waals surface area contributed by atoms with Gasteiger partial charge in [-0.1, -0.05) is 44.2 Å². The summed E-state index contributed by atoms with van der Waals surface area (Å²) in [6.45, 7) is 4.49. The van der Waals surface area contributed by atoms with Gasteiger partial charge in [0.2, 0.25) is 0 Å². The van der Waals surface area contributed by atoms with Crippen LogP contribution in [0.3, 0.4) is 0 Å². The van der Waals surface area contributed by atoms with Crippen LogP contribution in [0, 0.1) is 0 Å². The van der Waals surface area contributed by atoms with Gasteiger partial charge < -0.3 is 0 Å². The molecule has 0 unspecified atom stereocenters. The van der Waals surface area contributed by atoms with Gasteiger partial charge in [0.1, 0.15) is 0 Å². The minimum Gasteiger partial charge on any atom is -0.135 e. The molecule has 0 aliphatic heterocycles. The average molecular weight is 226 g/mol. The standard InChI is InChI=1S/C15H14S/c1-10(2)11-7-8-13-12-5-3-4-6-14(12)16-15(13)9-11/h3-10H,1-2H3. The third-order valence-corrected chi connectivity index (χ3v) is 4.20. The van der Waals surface area contributed by atoms with Gasteiger partial charge in [-0.2, -0.15) is 0 Å². The van der Waals surface area contributed by atoms with Crippen LogP contribution in [0.5, 0.6) is 0 Å². The van der Waals surface area contributed by atoms with Crippen LogP contribution in [0.2, 0.25) is 0 Å². The van der Waals surface area contributed by atoms with Gasteiger partial charge in [-0.25, -0.2) is 0 Å². The van der Waals surface area contributed by atoms with E-state index >= 15 is 0 Å². The molecule has 0 amide bonds. The fraction of sp³-hybridized carbons (Fsp3) is 0.200. The zero-order valence-electron chi connectivity index (χ0n) is 9.53. The molecule has 0 aliphatic carbocycles. The molecule has 0 saturated carbocycles. The Bertz CT molecular complexity index is 647. The van der Waals surface area contributed by atoms with Crippen LogP contribution in [-0.2, 0) is 0 Å². The number of hydrogen-bond acceptors (Lipinski definition) is 1. The molecular weight excluding hydrogens is 212 g/mol. The molecule has 1 aromatic heterocycles. The zero-order valence-corrected chi connectivity index (χ0v) is 10.3. The Morgan fingerprint density at radius 1 is 0.875 bits per heavy atom. The van der Waals surface area contributed by atoms with E-state index in [2.05, 4.69) is 56.3 Å². The summed E-state index contributed by atoms with van der Waals surface area (Å²) in [4.78, 5) is 0. The van der Waals surface area contributed by atoms with E-state index in [9.17, 15) is 0 Å². The summed E-state index contributed by atoms with van der Waals surface area (Å²) in [5.74, 6) is 0.606. The molecular formula is C15H14S. The van der Waals surface area contributed by atoms with E-state index in [0.29, 0.717) is 5.92 Å². The molecule has 0 radical (unpaired) electrons. The lowest BCUT2D eigenvalue weighted by Crippen LogP contribution is -1.84. The summed E-state index contributed by atoms with van der Waals surface area (Å²) in [5, 5.41) is 2.78. The van der Waals surface area contributed by atoms with Crippen molar-refractivity contribution in [3.8, 4) is 0 Å². The molecule has 1 heteroatoms. The summed E-state index contributed by atoms with van der Waals surface area (Å²) in [7, 11) is 0. The molecule has 3 aromatic rings. The highest BCUT2D eigenvalue weighted by Gasteiger charge is 2.06. The summed E-state index contributed by atoms with van der Waals surface area (Å²) >= 11 is 1.89. The van der Waals surface area contributed by atoms with Crippen molar-refractivity contribution in [3.05, 3.63) is 48.0 Å². The monoisotopic (exact) mass is 226 g/mol. The van der Waals surface area contributed by atoms with E-state index in [-0.39, 0.29) is 0 Å². The highest BCUT2D eigenvalue weighted by Crippen LogP contribution is 2.35. The van der Waals surface area contributed by atoms with Crippen molar-refractivity contribution in [1.82, 2.24) is 0 Å². The van der Waals surface area contributed by atoms with Crippen molar-refractivity contribution in [1.29, 1.82) is 0 Å². The maximum absolute atomic E-state index is 2.34. The third-order valence-electron chi connectivity index (χ3n) is 3.07. The summed E-state index contributed by atoms with van der Waals surface area (Å²) in [5.41, 5.74) is 1.43. The Labute approximate surface area is 99.5 Å². The Kier molecular flexibility index (Phi) is 2.22. The molecule has 2 aromatic carbocycles. The van der Waals surface area contributed by atoms with Crippen molar-refractivity contribution in [3.63, 3.8) is 0 Å². The molecule has 80 valence electrons. The minimum absolute atomic E-state index is 0.606. The molecule has 0 fully saturated rings. The van der Waals surface area contributed by atoms with E-state index in [1.807, 2.05) is 11.3 Å². The summed E-state index contributed by atoms with van der Waals surface area (Å²) in [6.07, 6.45) is 0. The Balaban J connectivity index is 2.37. The van der Waals surface area contributed by atoms with E-state index in [4.69, 9.17) is 0 Å². The highest BCUT2D eigenvalue weighted by atomic mass is 32.1. The van der Waals surface area contributed by atoms with E-state index in [1.54, 1.807) is 0 Å². The van der Waals surface area contributed by atoms with Gasteiger partial charge in [0.25, 0.3) is 0 Å². The average Bonchev–Trinajstić information content (AvgIpc) is 2.66. The number of fused-ring (bicyclic) bond motifs is 3. The van der Waals surface area contributed by atoms with Crippen LogP contribution < -0.4 is 0 Å². The summed E-state index contributed by atoms with van der Waals surface area (Å²) < 4.78 is 2.80. The fourth-order valence-corrected chi connectivity index (χ4v) is 3.26. The number of thiophene rings is 1. The first-order chi connectivity index (χ1) is 7.75. The highest BCUT2D eigenvalue weighted by molar-refractivity contribution is 7.25. The number of benzene rings is 2. The predicted octanol–water partition coefficient (Wildman–Crippen LogP) is 5.18. The maximum atomic E-state index is 2.34. The largest absolute Gasteiger partial charge is 0.135 e. The van der Waals surface area contributed by atoms with Gasteiger partial charge in [0.05, 0.1) is 0 Å². The maximum Gasteiger partial charge on any atom is 0.0358 e. The molecule has 0 spiro atoms. The van der Waals surface area contributed by atoms with Crippen LogP contribution in [0.1, 0.15) is 25.3 Å². The number of rotatable bonds is 1. The number of hydrogen-bond donors (Lipinski definition) is 0. The SMILES string of the molecule is CC(C)c1ccc2c(c1)sc1ccccc12. The van der Waals surface area contributed by atoms with Crippen molar-refractivity contribution in [2.45, 2.75) is 19.8 Å². The van der Waals surface area contributed by atoms with Crippen molar-refractivity contribution in [2.24, 2.45) is 0 Å². The second-order valence-corrected chi connectivity index (χ2v) is 5.59. The molecule has 0 N–H and O–H groups in total. The second-order valence-electron chi connectivity index (χ2n) is 4.51. The molecule has 3 rings (SSSR count).